The minimum Gasteiger partial charge on any atom is -0.392 e. The fourth-order valence-electron chi connectivity index (χ4n) is 1.84. The Morgan fingerprint density at radius 1 is 1.45 bits per heavy atom. The summed E-state index contributed by atoms with van der Waals surface area (Å²) in [7, 11) is 0. The lowest BCUT2D eigenvalue weighted by Gasteiger charge is -2.08. The van der Waals surface area contributed by atoms with Gasteiger partial charge in [0.05, 0.1) is 6.61 Å². The van der Waals surface area contributed by atoms with Gasteiger partial charge in [0.15, 0.2) is 0 Å². The third-order valence-corrected chi connectivity index (χ3v) is 3.96. The molecule has 0 unspecified atom stereocenters. The van der Waals surface area contributed by atoms with Crippen LogP contribution in [0.2, 0.25) is 0 Å². The van der Waals surface area contributed by atoms with E-state index in [4.69, 9.17) is 5.11 Å². The number of thiophene rings is 1. The summed E-state index contributed by atoms with van der Waals surface area (Å²) in [5.41, 5.74) is 2.96. The molecule has 2 aromatic heterocycles. The number of nitrogens with zero attached hydrogens (tertiary/aromatic N) is 1. The Balaban J connectivity index is 1.70. The van der Waals surface area contributed by atoms with Crippen LogP contribution in [0.3, 0.4) is 0 Å². The highest BCUT2D eigenvalue weighted by Gasteiger charge is 1.99. The number of nitrogens with one attached hydrogen (secondary N) is 2. The topological polar surface area (TPSA) is 74.2 Å². The number of aromatic nitrogens is 1. The fourth-order valence-corrected chi connectivity index (χ4v) is 2.63. The Labute approximate surface area is 133 Å². The van der Waals surface area contributed by atoms with Gasteiger partial charge in [-0.1, -0.05) is 0 Å². The first-order valence-corrected chi connectivity index (χ1v) is 7.85. The summed E-state index contributed by atoms with van der Waals surface area (Å²) in [4.78, 5) is 16.7. The third-order valence-electron chi connectivity index (χ3n) is 3.02. The SMILES string of the molecule is Cc1cnccc1NCCNC(=O)/C=C/c1cc(CO)cs1. The van der Waals surface area contributed by atoms with E-state index in [0.29, 0.717) is 13.1 Å². The first-order chi connectivity index (χ1) is 10.7. The molecule has 0 aliphatic rings. The van der Waals surface area contributed by atoms with Gasteiger partial charge in [-0.05, 0) is 41.6 Å². The van der Waals surface area contributed by atoms with Crippen LogP contribution in [0.1, 0.15) is 16.0 Å². The molecule has 0 fully saturated rings. The van der Waals surface area contributed by atoms with Gasteiger partial charge in [-0.25, -0.2) is 0 Å². The van der Waals surface area contributed by atoms with Gasteiger partial charge in [0.25, 0.3) is 0 Å². The van der Waals surface area contributed by atoms with E-state index in [1.807, 2.05) is 24.4 Å². The van der Waals surface area contributed by atoms with Crippen LogP contribution in [0.25, 0.3) is 6.08 Å². The molecular formula is C16H19N3O2S. The molecule has 116 valence electrons. The van der Waals surface area contributed by atoms with Crippen molar-refractivity contribution in [1.82, 2.24) is 10.3 Å². The van der Waals surface area contributed by atoms with Crippen molar-refractivity contribution in [1.29, 1.82) is 0 Å². The van der Waals surface area contributed by atoms with Crippen molar-refractivity contribution in [2.24, 2.45) is 0 Å². The van der Waals surface area contributed by atoms with Gasteiger partial charge in [0, 0.05) is 42.1 Å². The van der Waals surface area contributed by atoms with E-state index >= 15 is 0 Å². The number of rotatable bonds is 7. The number of aryl methyl sites for hydroxylation is 1. The predicted octanol–water partition coefficient (Wildman–Crippen LogP) is 2.19. The van der Waals surface area contributed by atoms with E-state index in [2.05, 4.69) is 15.6 Å². The van der Waals surface area contributed by atoms with Crippen molar-refractivity contribution in [2.45, 2.75) is 13.5 Å². The van der Waals surface area contributed by atoms with Crippen molar-refractivity contribution in [3.8, 4) is 0 Å². The number of hydrogen-bond donors (Lipinski definition) is 3. The molecule has 0 aromatic carbocycles. The average Bonchev–Trinajstić information content (AvgIpc) is 2.99. The van der Waals surface area contributed by atoms with E-state index in [0.717, 1.165) is 21.7 Å². The van der Waals surface area contributed by atoms with Gasteiger partial charge in [-0.3, -0.25) is 9.78 Å². The molecular weight excluding hydrogens is 298 g/mol. The molecule has 0 saturated carbocycles. The maximum absolute atomic E-state index is 11.7. The summed E-state index contributed by atoms with van der Waals surface area (Å²) >= 11 is 1.50. The zero-order chi connectivity index (χ0) is 15.8. The number of aliphatic hydroxyl groups is 1. The van der Waals surface area contributed by atoms with Gasteiger partial charge in [0.1, 0.15) is 0 Å². The van der Waals surface area contributed by atoms with Crippen molar-refractivity contribution >= 4 is 29.0 Å². The highest BCUT2D eigenvalue weighted by Crippen LogP contribution is 2.16. The summed E-state index contributed by atoms with van der Waals surface area (Å²) in [5, 5.41) is 16.9. The van der Waals surface area contributed by atoms with Crippen molar-refractivity contribution in [3.05, 3.63) is 52.0 Å². The molecule has 22 heavy (non-hydrogen) atoms. The van der Waals surface area contributed by atoms with Crippen LogP contribution >= 0.6 is 11.3 Å². The summed E-state index contributed by atoms with van der Waals surface area (Å²) < 4.78 is 0. The summed E-state index contributed by atoms with van der Waals surface area (Å²) in [6.07, 6.45) is 6.79. The maximum atomic E-state index is 11.7. The minimum absolute atomic E-state index is 0.0244. The molecule has 0 saturated heterocycles. The summed E-state index contributed by atoms with van der Waals surface area (Å²) in [6, 6.07) is 3.77. The first kappa shape index (κ1) is 16.2. The molecule has 5 nitrogen and oxygen atoms in total. The zero-order valence-electron chi connectivity index (χ0n) is 12.4. The Morgan fingerprint density at radius 3 is 3.05 bits per heavy atom. The molecule has 2 heterocycles. The maximum Gasteiger partial charge on any atom is 0.244 e. The van der Waals surface area contributed by atoms with Crippen LogP contribution < -0.4 is 10.6 Å². The van der Waals surface area contributed by atoms with E-state index in [9.17, 15) is 4.79 Å². The number of carbonyl (C=O) groups excluding carboxylic acids is 1. The second-order valence-corrected chi connectivity index (χ2v) is 5.70. The number of carbonyl (C=O) groups is 1. The first-order valence-electron chi connectivity index (χ1n) is 6.97. The van der Waals surface area contributed by atoms with Crippen molar-refractivity contribution in [3.63, 3.8) is 0 Å². The average molecular weight is 317 g/mol. The second kappa shape index (κ2) is 8.31. The van der Waals surface area contributed by atoms with E-state index < -0.39 is 0 Å². The van der Waals surface area contributed by atoms with E-state index in [1.54, 1.807) is 18.5 Å². The lowest BCUT2D eigenvalue weighted by Crippen LogP contribution is -2.27. The van der Waals surface area contributed by atoms with Crippen molar-refractivity contribution in [2.75, 3.05) is 18.4 Å². The molecule has 2 aromatic rings. The highest BCUT2D eigenvalue weighted by atomic mass is 32.1. The van der Waals surface area contributed by atoms with E-state index in [-0.39, 0.29) is 12.5 Å². The van der Waals surface area contributed by atoms with Gasteiger partial charge >= 0.3 is 0 Å². The Bertz CT molecular complexity index is 652. The molecule has 0 aliphatic carbocycles. The quantitative estimate of drug-likeness (QED) is 0.540. The molecule has 2 rings (SSSR count). The van der Waals surface area contributed by atoms with Crippen LogP contribution in [0, 0.1) is 6.92 Å². The number of pyridine rings is 1. The molecule has 0 radical (unpaired) electrons. The number of aliphatic hydroxyl groups excluding tert-OH is 1. The predicted molar refractivity (Wildman–Crippen MR) is 89.7 cm³/mol. The number of amides is 1. The van der Waals surface area contributed by atoms with Crippen LogP contribution in [-0.4, -0.2) is 29.1 Å². The standard InChI is InChI=1S/C16H19N3O2S/c1-12-9-17-5-4-15(12)18-6-7-19-16(21)3-2-14-8-13(10-20)11-22-14/h2-5,8-9,11,20H,6-7,10H2,1H3,(H,17,18)(H,19,21)/b3-2+. The molecule has 0 bridgehead atoms. The van der Waals surface area contributed by atoms with Gasteiger partial charge in [0.2, 0.25) is 5.91 Å². The monoisotopic (exact) mass is 317 g/mol. The summed E-state index contributed by atoms with van der Waals surface area (Å²) in [5.74, 6) is -0.132. The molecule has 1 amide bonds. The van der Waals surface area contributed by atoms with Crippen LogP contribution in [0.5, 0.6) is 0 Å². The van der Waals surface area contributed by atoms with Crippen LogP contribution in [0.4, 0.5) is 5.69 Å². The third kappa shape index (κ3) is 4.98. The molecule has 0 spiro atoms. The van der Waals surface area contributed by atoms with Crippen LogP contribution in [-0.2, 0) is 11.4 Å². The smallest absolute Gasteiger partial charge is 0.244 e. The van der Waals surface area contributed by atoms with Gasteiger partial charge in [-0.2, -0.15) is 0 Å². The Morgan fingerprint density at radius 2 is 2.32 bits per heavy atom. The number of anilines is 1. The largest absolute Gasteiger partial charge is 0.392 e. The highest BCUT2D eigenvalue weighted by molar-refractivity contribution is 7.11. The molecule has 0 aliphatic heterocycles. The Kier molecular flexibility index (Phi) is 6.12. The lowest BCUT2D eigenvalue weighted by molar-refractivity contribution is -0.116. The summed E-state index contributed by atoms with van der Waals surface area (Å²) in [6.45, 7) is 3.20. The second-order valence-electron chi connectivity index (χ2n) is 4.76. The van der Waals surface area contributed by atoms with Crippen LogP contribution in [0.15, 0.2) is 36.0 Å². The van der Waals surface area contributed by atoms with Gasteiger partial charge < -0.3 is 15.7 Å². The number of hydrogen-bond acceptors (Lipinski definition) is 5. The molecule has 3 N–H and O–H groups in total. The normalized spacial score (nSPS) is 10.8. The van der Waals surface area contributed by atoms with Gasteiger partial charge in [-0.15, -0.1) is 11.3 Å². The lowest BCUT2D eigenvalue weighted by atomic mass is 10.2. The van der Waals surface area contributed by atoms with Crippen molar-refractivity contribution < 1.29 is 9.90 Å². The Hall–Kier alpha value is -2.18. The molecule has 6 heteroatoms. The zero-order valence-corrected chi connectivity index (χ0v) is 13.2. The fraction of sp³-hybridized carbons (Fsp3) is 0.250. The van der Waals surface area contributed by atoms with E-state index in [1.165, 1.54) is 17.4 Å². The minimum atomic E-state index is -0.132. The molecule has 0 atom stereocenters.